The molecule has 3 amide bonds. The van der Waals surface area contributed by atoms with Gasteiger partial charge in [0.1, 0.15) is 6.04 Å². The van der Waals surface area contributed by atoms with Crippen LogP contribution in [0.25, 0.3) is 0 Å². The molecular weight excluding hydrogens is 1200 g/mol. The molecule has 1 saturated heterocycles. The fourth-order valence-electron chi connectivity index (χ4n) is 8.24. The third-order valence-corrected chi connectivity index (χ3v) is 13.0. The van der Waals surface area contributed by atoms with E-state index in [1.807, 2.05) is 0 Å². The van der Waals surface area contributed by atoms with E-state index >= 15 is 0 Å². The number of methoxy groups -OCH3 is 1. The first kappa shape index (κ1) is 83.5. The highest BCUT2D eigenvalue weighted by Crippen LogP contribution is 2.11. The van der Waals surface area contributed by atoms with E-state index < -0.39 is 41.9 Å². The summed E-state index contributed by atoms with van der Waals surface area (Å²) in [7, 11) is 1.63. The Morgan fingerprint density at radius 3 is 1.01 bits per heavy atom. The van der Waals surface area contributed by atoms with E-state index in [-0.39, 0.29) is 149 Å². The highest BCUT2D eigenvalue weighted by Gasteiger charge is 2.29. The van der Waals surface area contributed by atoms with E-state index in [0.717, 1.165) is 0 Å². The average Bonchev–Trinajstić information content (AvgIpc) is 2.28. The molecule has 1 aliphatic rings. The predicted octanol–water partition coefficient (Wildman–Crippen LogP) is -3.21. The van der Waals surface area contributed by atoms with E-state index in [9.17, 15) is 54.0 Å². The van der Waals surface area contributed by atoms with Crippen LogP contribution in [0.15, 0.2) is 0 Å². The number of unbranched alkanes of at least 4 members (excludes halogenated alkanes) is 1. The molecule has 0 saturated carbocycles. The second kappa shape index (κ2) is 60.8. The van der Waals surface area contributed by atoms with E-state index in [1.165, 1.54) is 0 Å². The molecule has 0 radical (unpaired) electrons. The molecule has 526 valence electrons. The molecule has 1 fully saturated rings. The van der Waals surface area contributed by atoms with Crippen LogP contribution in [0.1, 0.15) is 38.5 Å². The van der Waals surface area contributed by atoms with Crippen molar-refractivity contribution in [3.05, 3.63) is 0 Å². The summed E-state index contributed by atoms with van der Waals surface area (Å²) in [5.41, 5.74) is 6.04. The Morgan fingerprint density at radius 2 is 0.667 bits per heavy atom. The molecule has 2 unspecified atom stereocenters. The van der Waals surface area contributed by atoms with Crippen molar-refractivity contribution < 1.29 is 120 Å². The Kier molecular flexibility index (Phi) is 56.4. The van der Waals surface area contributed by atoms with Gasteiger partial charge in [-0.3, -0.25) is 53.2 Å². The first-order chi connectivity index (χ1) is 43.7. The lowest BCUT2D eigenvalue weighted by Crippen LogP contribution is -2.52. The molecule has 0 aromatic carbocycles. The number of carbonyl (C=O) groups excluding carboxylic acids is 3. The van der Waals surface area contributed by atoms with Gasteiger partial charge in [-0.05, 0) is 25.7 Å². The Bertz CT molecular complexity index is 1780. The molecular formula is C57H108N8O25. The maximum Gasteiger partial charge on any atom is 0.320 e. The molecule has 1 heterocycles. The zero-order valence-electron chi connectivity index (χ0n) is 53.1. The van der Waals surface area contributed by atoms with Crippen LogP contribution in [0.3, 0.4) is 0 Å². The van der Waals surface area contributed by atoms with Crippen molar-refractivity contribution in [1.82, 2.24) is 35.6 Å². The van der Waals surface area contributed by atoms with Crippen LogP contribution in [0.2, 0.25) is 0 Å². The lowest BCUT2D eigenvalue weighted by molar-refractivity contribution is -0.145. The van der Waals surface area contributed by atoms with Crippen molar-refractivity contribution in [2.75, 3.05) is 277 Å². The van der Waals surface area contributed by atoms with Crippen molar-refractivity contribution in [3.63, 3.8) is 0 Å². The zero-order chi connectivity index (χ0) is 65.8. The van der Waals surface area contributed by atoms with Gasteiger partial charge >= 0.3 is 23.9 Å². The average molecular weight is 1310 g/mol. The van der Waals surface area contributed by atoms with Gasteiger partial charge in [0.05, 0.1) is 204 Å². The number of amides is 3. The van der Waals surface area contributed by atoms with Crippen LogP contribution in [0.4, 0.5) is 0 Å². The number of nitrogens with one attached hydrogen (secondary N) is 3. The minimum absolute atomic E-state index is 0.0727. The van der Waals surface area contributed by atoms with Crippen LogP contribution in [-0.2, 0) is 99.9 Å². The number of nitrogens with zero attached hydrogens (tertiary/aromatic N) is 4. The van der Waals surface area contributed by atoms with Crippen molar-refractivity contribution >= 4 is 41.6 Å². The number of nitrogens with two attached hydrogens (primary N) is 1. The number of carboxylic acids is 4. The van der Waals surface area contributed by atoms with Gasteiger partial charge in [0.15, 0.2) is 0 Å². The normalized spacial score (nSPS) is 14.8. The molecule has 1 rings (SSSR count). The van der Waals surface area contributed by atoms with Crippen LogP contribution in [0.5, 0.6) is 0 Å². The third-order valence-electron chi connectivity index (χ3n) is 13.0. The molecule has 0 bridgehead atoms. The predicted molar refractivity (Wildman–Crippen MR) is 322 cm³/mol. The minimum Gasteiger partial charge on any atom is -0.480 e. The summed E-state index contributed by atoms with van der Waals surface area (Å²) in [5.74, 6) is -5.35. The lowest BCUT2D eigenvalue weighted by Gasteiger charge is -2.35. The topological polar surface area (TPSA) is 405 Å². The van der Waals surface area contributed by atoms with Gasteiger partial charge < -0.3 is 108 Å². The molecule has 33 nitrogen and oxygen atoms in total. The highest BCUT2D eigenvalue weighted by molar-refractivity contribution is 5.81. The van der Waals surface area contributed by atoms with E-state index in [2.05, 4.69) is 16.0 Å². The smallest absolute Gasteiger partial charge is 0.320 e. The third kappa shape index (κ3) is 54.1. The number of carboxylic acid groups (broad SMARTS) is 4. The summed E-state index contributed by atoms with van der Waals surface area (Å²) in [5, 5.41) is 46.8. The van der Waals surface area contributed by atoms with Gasteiger partial charge in [-0.15, -0.1) is 0 Å². The summed E-state index contributed by atoms with van der Waals surface area (Å²) in [4.78, 5) is 90.9. The second-order valence-electron chi connectivity index (χ2n) is 20.2. The Labute approximate surface area is 529 Å². The van der Waals surface area contributed by atoms with Gasteiger partial charge in [-0.1, -0.05) is 0 Å². The highest BCUT2D eigenvalue weighted by atomic mass is 16.6. The van der Waals surface area contributed by atoms with Crippen molar-refractivity contribution in [3.8, 4) is 0 Å². The summed E-state index contributed by atoms with van der Waals surface area (Å²) in [6.45, 7) is 12.4. The van der Waals surface area contributed by atoms with Gasteiger partial charge in [0.25, 0.3) is 0 Å². The SMILES string of the molecule is COCCOCCOCCOCCOCCOCCOCCOCCOCCOCCOCCOCCC(=O)NCCCCC(N)C(=O)NCCOCCOCCNC(=O)CCC(C(=O)O)N1CCN(CC(=O)O)CCN(CC(=O)O)CCN(CC(=O)O)CC1. The molecule has 0 aromatic rings. The van der Waals surface area contributed by atoms with Crippen LogP contribution in [0, 0.1) is 0 Å². The number of carbonyl (C=O) groups is 7. The van der Waals surface area contributed by atoms with Crippen LogP contribution >= 0.6 is 0 Å². The Morgan fingerprint density at radius 1 is 0.367 bits per heavy atom. The second-order valence-corrected chi connectivity index (χ2v) is 20.2. The van der Waals surface area contributed by atoms with E-state index in [0.29, 0.717) is 171 Å². The van der Waals surface area contributed by atoms with Crippen molar-refractivity contribution in [2.24, 2.45) is 5.73 Å². The summed E-state index contributed by atoms with van der Waals surface area (Å²) in [6.07, 6.45) is 1.71. The lowest BCUT2D eigenvalue weighted by atomic mass is 10.1. The Balaban J connectivity index is 1.97. The fourth-order valence-corrected chi connectivity index (χ4v) is 8.24. The maximum absolute atomic E-state index is 12.7. The zero-order valence-corrected chi connectivity index (χ0v) is 53.1. The standard InChI is InChI=1S/C57H108N8O25/c1-77-22-23-81-28-29-83-32-33-85-36-37-87-40-41-89-44-45-90-43-42-88-39-38-86-35-34-84-31-30-82-27-24-78-19-7-52(67)59-8-3-2-4-49(58)56(74)61-10-21-80-26-25-79-20-9-60-51(66)6-5-50(57(75)76)65-17-15-63(47-54(70)71)13-11-62(46-53(68)69)12-14-64(16-18-65)48-55(72)73/h49-50H,2-48,58H2,1H3,(H,59,67)(H,60,66)(H,61,74)(H,68,69)(H,70,71)(H,72,73)(H,75,76). The first-order valence-corrected chi connectivity index (χ1v) is 31.1. The van der Waals surface area contributed by atoms with E-state index in [1.54, 1.807) is 26.7 Å². The van der Waals surface area contributed by atoms with Gasteiger partial charge in [-0.2, -0.15) is 0 Å². The number of hydrogen-bond acceptors (Lipinski definition) is 26. The Hall–Kier alpha value is -4.47. The largest absolute Gasteiger partial charge is 0.480 e. The summed E-state index contributed by atoms with van der Waals surface area (Å²) >= 11 is 0. The molecule has 33 heteroatoms. The fraction of sp³-hybridized carbons (Fsp3) is 0.877. The van der Waals surface area contributed by atoms with Crippen molar-refractivity contribution in [1.29, 1.82) is 0 Å². The molecule has 90 heavy (non-hydrogen) atoms. The number of ether oxygens (including phenoxy) is 14. The summed E-state index contributed by atoms with van der Waals surface area (Å²) < 4.78 is 76.0. The maximum atomic E-state index is 12.7. The molecule has 0 aromatic heterocycles. The summed E-state index contributed by atoms with van der Waals surface area (Å²) in [6, 6.07) is -1.85. The first-order valence-electron chi connectivity index (χ1n) is 31.1. The molecule has 0 spiro atoms. The van der Waals surface area contributed by atoms with E-state index in [4.69, 9.17) is 72.0 Å². The number of rotatable bonds is 62. The monoisotopic (exact) mass is 1300 g/mol. The molecule has 0 aliphatic carbocycles. The molecule has 1 aliphatic heterocycles. The van der Waals surface area contributed by atoms with Gasteiger partial charge in [0, 0.05) is 91.9 Å². The quantitative estimate of drug-likeness (QED) is 0.0278. The van der Waals surface area contributed by atoms with Crippen molar-refractivity contribution in [2.45, 2.75) is 50.6 Å². The van der Waals surface area contributed by atoms with Crippen LogP contribution < -0.4 is 21.7 Å². The number of aliphatic carboxylic acids is 4. The minimum atomic E-state index is -1.19. The molecule has 9 N–H and O–H groups in total. The molecule has 2 atom stereocenters. The van der Waals surface area contributed by atoms with Crippen LogP contribution in [-0.4, -0.2) is 371 Å². The van der Waals surface area contributed by atoms with Gasteiger partial charge in [0.2, 0.25) is 17.7 Å². The van der Waals surface area contributed by atoms with Gasteiger partial charge in [-0.25, -0.2) is 0 Å². The number of hydrogen-bond donors (Lipinski definition) is 8.